The van der Waals surface area contributed by atoms with Crippen LogP contribution < -0.4 is 14.8 Å². The van der Waals surface area contributed by atoms with Gasteiger partial charge in [-0.05, 0) is 55.8 Å². The van der Waals surface area contributed by atoms with Crippen LogP contribution in [0, 0.1) is 5.82 Å². The van der Waals surface area contributed by atoms with Gasteiger partial charge in [-0.25, -0.2) is 4.39 Å². The topological polar surface area (TPSA) is 60.7 Å². The normalized spacial score (nSPS) is 11.5. The molecule has 0 atom stereocenters. The van der Waals surface area contributed by atoms with Gasteiger partial charge in [0.1, 0.15) is 22.9 Å². The predicted molar refractivity (Wildman–Crippen MR) is 128 cm³/mol. The Hall–Kier alpha value is -4.06. The SMILES string of the molecule is CCOc1cc2occ(-c3ccccc3OC)c2cc1/C(C)=C/C(=O)Nc1ccc(F)cc1. The molecule has 0 saturated heterocycles. The van der Waals surface area contributed by atoms with Gasteiger partial charge < -0.3 is 19.2 Å². The fourth-order valence-corrected chi connectivity index (χ4v) is 3.70. The summed E-state index contributed by atoms with van der Waals surface area (Å²) < 4.78 is 30.3. The third kappa shape index (κ3) is 4.75. The van der Waals surface area contributed by atoms with E-state index in [1.807, 2.05) is 50.2 Å². The van der Waals surface area contributed by atoms with Gasteiger partial charge in [0.25, 0.3) is 0 Å². The number of hydrogen-bond acceptors (Lipinski definition) is 4. The molecule has 33 heavy (non-hydrogen) atoms. The number of allylic oxidation sites excluding steroid dienone is 1. The van der Waals surface area contributed by atoms with Gasteiger partial charge in [-0.3, -0.25) is 4.79 Å². The van der Waals surface area contributed by atoms with E-state index in [1.165, 1.54) is 30.3 Å². The van der Waals surface area contributed by atoms with Gasteiger partial charge >= 0.3 is 0 Å². The Morgan fingerprint density at radius 2 is 1.82 bits per heavy atom. The largest absolute Gasteiger partial charge is 0.496 e. The van der Waals surface area contributed by atoms with Crippen molar-refractivity contribution in [2.75, 3.05) is 19.0 Å². The van der Waals surface area contributed by atoms with Crippen molar-refractivity contribution in [1.82, 2.24) is 0 Å². The van der Waals surface area contributed by atoms with E-state index < -0.39 is 0 Å². The summed E-state index contributed by atoms with van der Waals surface area (Å²) >= 11 is 0. The lowest BCUT2D eigenvalue weighted by molar-refractivity contribution is -0.111. The summed E-state index contributed by atoms with van der Waals surface area (Å²) in [7, 11) is 1.63. The van der Waals surface area contributed by atoms with Crippen LogP contribution in [-0.4, -0.2) is 19.6 Å². The summed E-state index contributed by atoms with van der Waals surface area (Å²) in [6, 6.07) is 17.1. The molecule has 0 aliphatic rings. The van der Waals surface area contributed by atoms with Crippen LogP contribution in [-0.2, 0) is 4.79 Å². The van der Waals surface area contributed by atoms with E-state index in [0.717, 1.165) is 27.8 Å². The van der Waals surface area contributed by atoms with Gasteiger partial charge in [0, 0.05) is 39.9 Å². The maximum absolute atomic E-state index is 13.1. The van der Waals surface area contributed by atoms with Gasteiger partial charge in [-0.1, -0.05) is 18.2 Å². The van der Waals surface area contributed by atoms with Gasteiger partial charge in [-0.15, -0.1) is 0 Å². The van der Waals surface area contributed by atoms with E-state index in [9.17, 15) is 9.18 Å². The first-order chi connectivity index (χ1) is 16.0. The number of methoxy groups -OCH3 is 1. The molecule has 0 unspecified atom stereocenters. The Morgan fingerprint density at radius 3 is 2.55 bits per heavy atom. The van der Waals surface area contributed by atoms with Crippen LogP contribution in [0.15, 0.2) is 77.4 Å². The summed E-state index contributed by atoms with van der Waals surface area (Å²) in [5.74, 6) is 0.676. The van der Waals surface area contributed by atoms with Gasteiger partial charge in [0.2, 0.25) is 5.91 Å². The first-order valence-corrected chi connectivity index (χ1v) is 10.6. The summed E-state index contributed by atoms with van der Waals surface area (Å²) in [5, 5.41) is 3.63. The number of hydrogen-bond donors (Lipinski definition) is 1. The Labute approximate surface area is 191 Å². The fraction of sp³-hybridized carbons (Fsp3) is 0.148. The maximum Gasteiger partial charge on any atom is 0.248 e. The number of nitrogens with one attached hydrogen (secondary N) is 1. The van der Waals surface area contributed by atoms with Crippen molar-refractivity contribution in [3.05, 3.63) is 84.4 Å². The molecule has 1 amide bonds. The van der Waals surface area contributed by atoms with Crippen molar-refractivity contribution >= 4 is 28.1 Å². The molecule has 1 aromatic heterocycles. The standard InChI is InChI=1S/C27H24FNO4/c1-4-32-25-15-26-22(23(16-33-26)20-7-5-6-8-24(20)31-3)14-21(25)17(2)13-27(30)29-19-11-9-18(28)10-12-19/h5-16H,4H2,1-3H3,(H,29,30)/b17-13+. The van der Waals surface area contributed by atoms with Gasteiger partial charge in [-0.2, -0.15) is 0 Å². The summed E-state index contributed by atoms with van der Waals surface area (Å²) in [5.41, 5.74) is 4.47. The van der Waals surface area contributed by atoms with Crippen molar-refractivity contribution in [2.45, 2.75) is 13.8 Å². The van der Waals surface area contributed by atoms with E-state index in [1.54, 1.807) is 13.4 Å². The highest BCUT2D eigenvalue weighted by Gasteiger charge is 2.17. The lowest BCUT2D eigenvalue weighted by Crippen LogP contribution is -2.08. The number of ether oxygens (including phenoxy) is 2. The molecule has 0 fully saturated rings. The van der Waals surface area contributed by atoms with Crippen LogP contribution in [0.25, 0.3) is 27.7 Å². The number of benzene rings is 3. The van der Waals surface area contributed by atoms with Gasteiger partial charge in [0.05, 0.1) is 20.0 Å². The van der Waals surface area contributed by atoms with Gasteiger partial charge in [0.15, 0.2) is 0 Å². The number of para-hydroxylation sites is 1. The summed E-state index contributed by atoms with van der Waals surface area (Å²) in [4.78, 5) is 12.6. The Kier molecular flexibility index (Phi) is 6.45. The molecule has 0 saturated carbocycles. The predicted octanol–water partition coefficient (Wildman–Crippen LogP) is 6.69. The number of carbonyl (C=O) groups is 1. The zero-order valence-electron chi connectivity index (χ0n) is 18.6. The molecule has 6 heteroatoms. The molecule has 0 bridgehead atoms. The quantitative estimate of drug-likeness (QED) is 0.322. The number of rotatable bonds is 7. The van der Waals surface area contributed by atoms with Crippen LogP contribution in [0.3, 0.4) is 0 Å². The summed E-state index contributed by atoms with van der Waals surface area (Å²) in [6.07, 6.45) is 3.19. The van der Waals surface area contributed by atoms with E-state index in [-0.39, 0.29) is 11.7 Å². The molecule has 1 heterocycles. The minimum absolute atomic E-state index is 0.321. The third-order valence-electron chi connectivity index (χ3n) is 5.26. The van der Waals surface area contributed by atoms with Crippen LogP contribution in [0.5, 0.6) is 11.5 Å². The highest BCUT2D eigenvalue weighted by molar-refractivity contribution is 6.05. The van der Waals surface area contributed by atoms with Crippen LogP contribution in [0.4, 0.5) is 10.1 Å². The zero-order valence-corrected chi connectivity index (χ0v) is 18.6. The Balaban J connectivity index is 1.74. The fourth-order valence-electron chi connectivity index (χ4n) is 3.70. The molecular formula is C27H24FNO4. The number of fused-ring (bicyclic) bond motifs is 1. The number of carbonyl (C=O) groups excluding carboxylic acids is 1. The minimum Gasteiger partial charge on any atom is -0.496 e. The second kappa shape index (κ2) is 9.61. The second-order valence-corrected chi connectivity index (χ2v) is 7.45. The monoisotopic (exact) mass is 445 g/mol. The van der Waals surface area contributed by atoms with Crippen molar-refractivity contribution in [2.24, 2.45) is 0 Å². The van der Waals surface area contributed by atoms with Crippen molar-refractivity contribution < 1.29 is 23.1 Å². The number of halogens is 1. The second-order valence-electron chi connectivity index (χ2n) is 7.45. The molecule has 0 radical (unpaired) electrons. The Bertz CT molecular complexity index is 1320. The minimum atomic E-state index is -0.361. The van der Waals surface area contributed by atoms with E-state index in [0.29, 0.717) is 29.2 Å². The highest BCUT2D eigenvalue weighted by Crippen LogP contribution is 2.40. The molecule has 0 spiro atoms. The van der Waals surface area contributed by atoms with Crippen LogP contribution in [0.2, 0.25) is 0 Å². The smallest absolute Gasteiger partial charge is 0.248 e. The first-order valence-electron chi connectivity index (χ1n) is 10.6. The maximum atomic E-state index is 13.1. The Morgan fingerprint density at radius 1 is 1.06 bits per heavy atom. The van der Waals surface area contributed by atoms with E-state index in [4.69, 9.17) is 13.9 Å². The van der Waals surface area contributed by atoms with Crippen molar-refractivity contribution in [1.29, 1.82) is 0 Å². The highest BCUT2D eigenvalue weighted by atomic mass is 19.1. The molecule has 1 N–H and O–H groups in total. The molecule has 4 aromatic rings. The number of anilines is 1. The summed E-state index contributed by atoms with van der Waals surface area (Å²) in [6.45, 7) is 4.21. The molecule has 3 aromatic carbocycles. The van der Waals surface area contributed by atoms with Crippen LogP contribution in [0.1, 0.15) is 19.4 Å². The third-order valence-corrected chi connectivity index (χ3v) is 5.26. The molecule has 0 aliphatic carbocycles. The average molecular weight is 445 g/mol. The van der Waals surface area contributed by atoms with E-state index in [2.05, 4.69) is 5.32 Å². The molecule has 4 rings (SSSR count). The van der Waals surface area contributed by atoms with E-state index >= 15 is 0 Å². The van der Waals surface area contributed by atoms with Crippen molar-refractivity contribution in [3.8, 4) is 22.6 Å². The number of furan rings is 1. The molecule has 168 valence electrons. The lowest BCUT2D eigenvalue weighted by Gasteiger charge is -2.12. The molecule has 5 nitrogen and oxygen atoms in total. The molecular weight excluding hydrogens is 421 g/mol. The van der Waals surface area contributed by atoms with Crippen LogP contribution >= 0.6 is 0 Å². The van der Waals surface area contributed by atoms with Crippen molar-refractivity contribution in [3.63, 3.8) is 0 Å². The lowest BCUT2D eigenvalue weighted by atomic mass is 9.98. The average Bonchev–Trinajstić information content (AvgIpc) is 3.22. The first kappa shape index (κ1) is 22.1. The zero-order chi connectivity index (χ0) is 23.4. The molecule has 0 aliphatic heterocycles. The number of amides is 1.